The summed E-state index contributed by atoms with van der Waals surface area (Å²) >= 11 is 0. The molecule has 1 aromatic rings. The first kappa shape index (κ1) is 13.5. The summed E-state index contributed by atoms with van der Waals surface area (Å²) in [6.07, 6.45) is 1.36. The van der Waals surface area contributed by atoms with Crippen molar-refractivity contribution >= 4 is 5.69 Å². The maximum atomic E-state index is 11.8. The van der Waals surface area contributed by atoms with Gasteiger partial charge in [-0.05, 0) is 13.1 Å². The van der Waals surface area contributed by atoms with Crippen molar-refractivity contribution in [1.82, 2.24) is 14.0 Å². The minimum atomic E-state index is -0.403. The van der Waals surface area contributed by atoms with Gasteiger partial charge >= 0.3 is 5.69 Å². The van der Waals surface area contributed by atoms with Crippen molar-refractivity contribution in [3.63, 3.8) is 0 Å². The van der Waals surface area contributed by atoms with Crippen LogP contribution in [0.4, 0.5) is 5.69 Å². The van der Waals surface area contributed by atoms with Gasteiger partial charge in [-0.2, -0.15) is 0 Å². The quantitative estimate of drug-likeness (QED) is 0.751. The summed E-state index contributed by atoms with van der Waals surface area (Å²) in [6.45, 7) is 6.93. The van der Waals surface area contributed by atoms with Gasteiger partial charge in [0.15, 0.2) is 0 Å². The highest BCUT2D eigenvalue weighted by molar-refractivity contribution is 5.30. The zero-order valence-corrected chi connectivity index (χ0v) is 10.6. The summed E-state index contributed by atoms with van der Waals surface area (Å²) < 4.78 is 2.52. The standard InChI is InChI=1S/C11H20N4O2/c1-4-14(5-2)6-7-15-10(16)9(12)8-13(3)11(15)17/h8H,4-7,12H2,1-3H3. The highest BCUT2D eigenvalue weighted by atomic mass is 16.2. The van der Waals surface area contributed by atoms with E-state index in [-0.39, 0.29) is 11.4 Å². The van der Waals surface area contributed by atoms with Crippen molar-refractivity contribution in [2.75, 3.05) is 25.4 Å². The average Bonchev–Trinajstić information content (AvgIpc) is 2.31. The fourth-order valence-corrected chi connectivity index (χ4v) is 1.73. The van der Waals surface area contributed by atoms with Gasteiger partial charge in [0, 0.05) is 26.3 Å². The molecule has 0 amide bonds. The Bertz CT molecular complexity index is 451. The van der Waals surface area contributed by atoms with E-state index in [4.69, 9.17) is 5.73 Å². The van der Waals surface area contributed by atoms with Gasteiger partial charge in [-0.25, -0.2) is 4.79 Å². The summed E-state index contributed by atoms with van der Waals surface area (Å²) in [5, 5.41) is 0. The lowest BCUT2D eigenvalue weighted by atomic mass is 10.4. The molecular formula is C11H20N4O2. The number of anilines is 1. The number of nitrogens with two attached hydrogens (primary N) is 1. The number of aromatic nitrogens is 2. The van der Waals surface area contributed by atoms with E-state index in [1.54, 1.807) is 7.05 Å². The van der Waals surface area contributed by atoms with E-state index in [0.29, 0.717) is 13.1 Å². The van der Waals surface area contributed by atoms with E-state index in [1.165, 1.54) is 15.3 Å². The Morgan fingerprint density at radius 2 is 1.88 bits per heavy atom. The Morgan fingerprint density at radius 1 is 1.29 bits per heavy atom. The van der Waals surface area contributed by atoms with Crippen LogP contribution in [0.5, 0.6) is 0 Å². The van der Waals surface area contributed by atoms with Crippen LogP contribution < -0.4 is 17.0 Å². The minimum absolute atomic E-state index is 0.103. The van der Waals surface area contributed by atoms with Crippen LogP contribution in [0.25, 0.3) is 0 Å². The summed E-state index contributed by atoms with van der Waals surface area (Å²) in [4.78, 5) is 25.7. The maximum absolute atomic E-state index is 11.8. The van der Waals surface area contributed by atoms with Crippen molar-refractivity contribution in [3.8, 4) is 0 Å². The number of aryl methyl sites for hydroxylation is 1. The van der Waals surface area contributed by atoms with Crippen LogP contribution in [-0.4, -0.2) is 33.7 Å². The lowest BCUT2D eigenvalue weighted by Crippen LogP contribution is -2.42. The molecule has 1 rings (SSSR count). The van der Waals surface area contributed by atoms with E-state index < -0.39 is 5.56 Å². The van der Waals surface area contributed by atoms with Gasteiger partial charge in [0.1, 0.15) is 5.69 Å². The molecule has 0 aromatic carbocycles. The fourth-order valence-electron chi connectivity index (χ4n) is 1.73. The minimum Gasteiger partial charge on any atom is -0.393 e. The average molecular weight is 240 g/mol. The Morgan fingerprint density at radius 3 is 2.41 bits per heavy atom. The molecule has 0 unspecified atom stereocenters. The molecule has 1 heterocycles. The second-order valence-corrected chi connectivity index (χ2v) is 3.96. The van der Waals surface area contributed by atoms with Crippen LogP contribution in [-0.2, 0) is 13.6 Å². The van der Waals surface area contributed by atoms with Crippen molar-refractivity contribution in [3.05, 3.63) is 27.0 Å². The number of nitrogen functional groups attached to an aromatic ring is 1. The van der Waals surface area contributed by atoms with Gasteiger partial charge in [0.25, 0.3) is 5.56 Å². The van der Waals surface area contributed by atoms with Gasteiger partial charge < -0.3 is 15.2 Å². The second kappa shape index (κ2) is 5.67. The molecule has 0 fully saturated rings. The molecule has 2 N–H and O–H groups in total. The molecule has 0 aliphatic rings. The number of hydrogen-bond acceptors (Lipinski definition) is 4. The predicted molar refractivity (Wildman–Crippen MR) is 68.1 cm³/mol. The molecule has 17 heavy (non-hydrogen) atoms. The molecule has 1 aromatic heterocycles. The second-order valence-electron chi connectivity index (χ2n) is 3.96. The van der Waals surface area contributed by atoms with Crippen molar-refractivity contribution in [2.45, 2.75) is 20.4 Å². The Balaban J connectivity index is 2.99. The Labute approximate surface area is 100 Å². The van der Waals surface area contributed by atoms with Gasteiger partial charge in [-0.1, -0.05) is 13.8 Å². The van der Waals surface area contributed by atoms with Gasteiger partial charge in [-0.3, -0.25) is 9.36 Å². The van der Waals surface area contributed by atoms with E-state index >= 15 is 0 Å². The van der Waals surface area contributed by atoms with E-state index in [2.05, 4.69) is 4.90 Å². The van der Waals surface area contributed by atoms with Crippen LogP contribution in [0.3, 0.4) is 0 Å². The monoisotopic (exact) mass is 240 g/mol. The molecule has 0 radical (unpaired) electrons. The highest BCUT2D eigenvalue weighted by Gasteiger charge is 2.08. The number of nitrogens with zero attached hydrogens (tertiary/aromatic N) is 3. The first-order valence-corrected chi connectivity index (χ1v) is 5.79. The van der Waals surface area contributed by atoms with Crippen molar-refractivity contribution < 1.29 is 0 Å². The third-order valence-corrected chi connectivity index (χ3v) is 2.89. The van der Waals surface area contributed by atoms with Gasteiger partial charge in [0.05, 0.1) is 0 Å². The van der Waals surface area contributed by atoms with Gasteiger partial charge in [-0.15, -0.1) is 0 Å². The molecule has 96 valence electrons. The number of rotatable bonds is 5. The van der Waals surface area contributed by atoms with Crippen molar-refractivity contribution in [1.29, 1.82) is 0 Å². The lowest BCUT2D eigenvalue weighted by Gasteiger charge is -2.18. The molecule has 0 saturated carbocycles. The molecular weight excluding hydrogens is 220 g/mol. The summed E-state index contributed by atoms with van der Waals surface area (Å²) in [5.41, 5.74) is 4.93. The van der Waals surface area contributed by atoms with E-state index in [0.717, 1.165) is 13.1 Å². The van der Waals surface area contributed by atoms with Crippen LogP contribution in [0, 0.1) is 0 Å². The van der Waals surface area contributed by atoms with Crippen LogP contribution >= 0.6 is 0 Å². The normalized spacial score (nSPS) is 11.1. The Hall–Kier alpha value is -1.56. The smallest absolute Gasteiger partial charge is 0.330 e. The van der Waals surface area contributed by atoms with Crippen LogP contribution in [0.15, 0.2) is 15.8 Å². The largest absolute Gasteiger partial charge is 0.393 e. The van der Waals surface area contributed by atoms with Crippen LogP contribution in [0.2, 0.25) is 0 Å². The molecule has 0 atom stereocenters. The molecule has 0 aliphatic carbocycles. The molecule has 0 saturated heterocycles. The molecule has 0 aliphatic heterocycles. The molecule has 6 heteroatoms. The highest BCUT2D eigenvalue weighted by Crippen LogP contribution is 1.90. The zero-order chi connectivity index (χ0) is 13.0. The maximum Gasteiger partial charge on any atom is 0.330 e. The Kier molecular flexibility index (Phi) is 4.51. The van der Waals surface area contributed by atoms with Crippen LogP contribution in [0.1, 0.15) is 13.8 Å². The van der Waals surface area contributed by atoms with Crippen molar-refractivity contribution in [2.24, 2.45) is 7.05 Å². The third kappa shape index (κ3) is 2.97. The summed E-state index contributed by atoms with van der Waals surface area (Å²) in [5.74, 6) is 0. The molecule has 0 bridgehead atoms. The number of likely N-dealkylation sites (N-methyl/N-ethyl adjacent to an activating group) is 1. The SMILES string of the molecule is CCN(CC)CCn1c(=O)c(N)cn(C)c1=O. The fraction of sp³-hybridized carbons (Fsp3) is 0.636. The van der Waals surface area contributed by atoms with E-state index in [1.807, 2.05) is 13.8 Å². The first-order valence-electron chi connectivity index (χ1n) is 5.79. The lowest BCUT2D eigenvalue weighted by molar-refractivity contribution is 0.286. The zero-order valence-electron chi connectivity index (χ0n) is 10.6. The topological polar surface area (TPSA) is 73.3 Å². The first-order chi connectivity index (χ1) is 8.01. The van der Waals surface area contributed by atoms with E-state index in [9.17, 15) is 9.59 Å². The summed E-state index contributed by atoms with van der Waals surface area (Å²) in [7, 11) is 1.59. The molecule has 0 spiro atoms. The predicted octanol–water partition coefficient (Wildman–Crippen LogP) is -0.529. The van der Waals surface area contributed by atoms with Gasteiger partial charge in [0.2, 0.25) is 0 Å². The number of hydrogen-bond donors (Lipinski definition) is 1. The summed E-state index contributed by atoms with van der Waals surface area (Å²) in [6, 6.07) is 0. The molecule has 6 nitrogen and oxygen atoms in total. The third-order valence-electron chi connectivity index (χ3n) is 2.89.